The molecule has 0 amide bonds. The van der Waals surface area contributed by atoms with Crippen molar-refractivity contribution in [2.24, 2.45) is 23.7 Å². The summed E-state index contributed by atoms with van der Waals surface area (Å²) in [6.45, 7) is 2.29. The smallest absolute Gasteiger partial charge is 0.195 e. The second kappa shape index (κ2) is 14.0. The average molecular weight is 388 g/mol. The minimum atomic E-state index is -0.622. The number of unbranched alkanes of at least 4 members (excludes halogenated alkanes) is 4. The summed E-state index contributed by atoms with van der Waals surface area (Å²) in [5.41, 5.74) is 0. The predicted molar refractivity (Wildman–Crippen MR) is 117 cm³/mol. The van der Waals surface area contributed by atoms with Crippen LogP contribution in [-0.2, 0) is 0 Å². The number of rotatable bonds is 11. The number of hydrogen-bond acceptors (Lipinski definition) is 1. The Kier molecular flexibility index (Phi) is 11.6. The third-order valence-corrected chi connectivity index (χ3v) is 7.16. The lowest BCUT2D eigenvalue weighted by Gasteiger charge is -2.29. The number of nitriles is 1. The average Bonchev–Trinajstić information content (AvgIpc) is 2.73. The van der Waals surface area contributed by atoms with Gasteiger partial charge in [0.25, 0.3) is 0 Å². The molecule has 0 aromatic carbocycles. The van der Waals surface area contributed by atoms with Crippen LogP contribution in [0, 0.1) is 35.0 Å². The van der Waals surface area contributed by atoms with Gasteiger partial charge in [-0.25, -0.2) is 0 Å². The van der Waals surface area contributed by atoms with Crippen LogP contribution in [0.25, 0.3) is 0 Å². The molecule has 0 saturated heterocycles. The normalized spacial score (nSPS) is 29.1. The highest BCUT2D eigenvalue weighted by atomic mass is 19.1. The summed E-state index contributed by atoms with van der Waals surface area (Å²) in [6.07, 6.45) is 27.7. The molecule has 28 heavy (non-hydrogen) atoms. The Morgan fingerprint density at radius 2 is 1.36 bits per heavy atom. The van der Waals surface area contributed by atoms with E-state index < -0.39 is 5.83 Å². The molecule has 0 aromatic heterocycles. The lowest BCUT2D eigenvalue weighted by Crippen LogP contribution is -2.15. The Morgan fingerprint density at radius 3 is 1.89 bits per heavy atom. The monoisotopic (exact) mass is 387 g/mol. The van der Waals surface area contributed by atoms with Gasteiger partial charge in [0, 0.05) is 0 Å². The maximum absolute atomic E-state index is 12.8. The van der Waals surface area contributed by atoms with E-state index in [1.54, 1.807) is 6.07 Å². The van der Waals surface area contributed by atoms with Crippen LogP contribution >= 0.6 is 0 Å². The summed E-state index contributed by atoms with van der Waals surface area (Å²) in [5, 5.41) is 8.45. The van der Waals surface area contributed by atoms with Crippen LogP contribution < -0.4 is 0 Å². The predicted octanol–water partition coefficient (Wildman–Crippen LogP) is 8.67. The van der Waals surface area contributed by atoms with Crippen LogP contribution in [0.4, 0.5) is 4.39 Å². The molecule has 2 heteroatoms. The first-order valence-corrected chi connectivity index (χ1v) is 12.1. The van der Waals surface area contributed by atoms with Gasteiger partial charge in [0.2, 0.25) is 0 Å². The minimum Gasteiger partial charge on any atom is -0.195 e. The molecule has 2 saturated carbocycles. The van der Waals surface area contributed by atoms with Crippen LogP contribution in [-0.4, -0.2) is 0 Å². The first kappa shape index (κ1) is 23.2. The van der Waals surface area contributed by atoms with E-state index >= 15 is 0 Å². The Labute approximate surface area is 173 Å². The molecule has 0 N–H and O–H groups in total. The van der Waals surface area contributed by atoms with Crippen LogP contribution in [0.2, 0.25) is 0 Å². The number of allylic oxidation sites excluding steroid dienone is 4. The van der Waals surface area contributed by atoms with Crippen LogP contribution in [0.3, 0.4) is 0 Å². The van der Waals surface area contributed by atoms with Gasteiger partial charge in [0.1, 0.15) is 6.07 Å². The van der Waals surface area contributed by atoms with Crippen molar-refractivity contribution in [3.05, 3.63) is 24.1 Å². The standard InChI is InChI=1S/C26H42FN/c1-2-3-4-5-6-8-22-11-15-24(16-12-22)19-20-25-17-13-23(14-18-25)9-7-10-26(27)21-28/h10,19-20,22-25H,2-9,11-18H2,1H3. The van der Waals surface area contributed by atoms with Gasteiger partial charge in [-0.05, 0) is 94.0 Å². The first-order chi connectivity index (χ1) is 13.7. The van der Waals surface area contributed by atoms with Crippen LogP contribution in [0.5, 0.6) is 0 Å². The molecule has 0 heterocycles. The van der Waals surface area contributed by atoms with Gasteiger partial charge < -0.3 is 0 Å². The summed E-state index contributed by atoms with van der Waals surface area (Å²) in [4.78, 5) is 0. The zero-order valence-electron chi connectivity index (χ0n) is 18.2. The zero-order valence-corrected chi connectivity index (χ0v) is 18.2. The van der Waals surface area contributed by atoms with Gasteiger partial charge >= 0.3 is 0 Å². The molecule has 2 aliphatic rings. The van der Waals surface area contributed by atoms with E-state index in [0.717, 1.165) is 30.1 Å². The highest BCUT2D eigenvalue weighted by Crippen LogP contribution is 2.35. The first-order valence-electron chi connectivity index (χ1n) is 12.1. The van der Waals surface area contributed by atoms with Crippen molar-refractivity contribution in [1.29, 1.82) is 5.26 Å². The molecule has 158 valence electrons. The fourth-order valence-electron chi connectivity index (χ4n) is 5.18. The molecule has 0 spiro atoms. The molecule has 2 fully saturated rings. The second-order valence-electron chi connectivity index (χ2n) is 9.39. The molecular weight excluding hydrogens is 345 g/mol. The molecule has 0 radical (unpaired) electrons. The molecule has 0 aromatic rings. The van der Waals surface area contributed by atoms with E-state index in [2.05, 4.69) is 19.1 Å². The number of nitrogens with zero attached hydrogens (tertiary/aromatic N) is 1. The van der Waals surface area contributed by atoms with Crippen molar-refractivity contribution >= 4 is 0 Å². The van der Waals surface area contributed by atoms with Crippen molar-refractivity contribution in [3.8, 4) is 6.07 Å². The van der Waals surface area contributed by atoms with Gasteiger partial charge in [-0.2, -0.15) is 9.65 Å². The van der Waals surface area contributed by atoms with Gasteiger partial charge in [0.15, 0.2) is 5.83 Å². The fraction of sp³-hybridized carbons (Fsp3) is 0.808. The lowest BCUT2D eigenvalue weighted by atomic mass is 9.77. The molecule has 2 rings (SSSR count). The third-order valence-electron chi connectivity index (χ3n) is 7.16. The SMILES string of the molecule is CCCCCCCC1CCC(C=CC2CCC(CCC=C(F)C#N)CC2)CC1. The van der Waals surface area contributed by atoms with Gasteiger partial charge in [-0.15, -0.1) is 0 Å². The van der Waals surface area contributed by atoms with E-state index in [1.807, 2.05) is 0 Å². The zero-order chi connectivity index (χ0) is 20.0. The van der Waals surface area contributed by atoms with E-state index in [9.17, 15) is 4.39 Å². The van der Waals surface area contributed by atoms with Crippen LogP contribution in [0.15, 0.2) is 24.1 Å². The molecule has 0 aliphatic heterocycles. The minimum absolute atomic E-state index is 0.622. The Bertz CT molecular complexity index is 499. The molecule has 1 nitrogen and oxygen atoms in total. The Hall–Kier alpha value is -1.10. The van der Waals surface area contributed by atoms with Crippen molar-refractivity contribution < 1.29 is 4.39 Å². The van der Waals surface area contributed by atoms with Crippen molar-refractivity contribution in [2.75, 3.05) is 0 Å². The van der Waals surface area contributed by atoms with Gasteiger partial charge in [0.05, 0.1) is 0 Å². The topological polar surface area (TPSA) is 23.8 Å². The number of hydrogen-bond donors (Lipinski definition) is 0. The summed E-state index contributed by atoms with van der Waals surface area (Å²) >= 11 is 0. The lowest BCUT2D eigenvalue weighted by molar-refractivity contribution is 0.282. The Morgan fingerprint density at radius 1 is 0.821 bits per heavy atom. The summed E-state index contributed by atoms with van der Waals surface area (Å²) in [7, 11) is 0. The van der Waals surface area contributed by atoms with E-state index in [1.165, 1.54) is 96.0 Å². The highest BCUT2D eigenvalue weighted by Gasteiger charge is 2.21. The molecule has 0 atom stereocenters. The maximum Gasteiger partial charge on any atom is 0.196 e. The van der Waals surface area contributed by atoms with E-state index in [-0.39, 0.29) is 0 Å². The van der Waals surface area contributed by atoms with E-state index in [0.29, 0.717) is 6.42 Å². The summed E-state index contributed by atoms with van der Waals surface area (Å²) < 4.78 is 12.8. The van der Waals surface area contributed by atoms with Crippen molar-refractivity contribution in [2.45, 2.75) is 110 Å². The van der Waals surface area contributed by atoms with Gasteiger partial charge in [-0.1, -0.05) is 57.6 Å². The second-order valence-corrected chi connectivity index (χ2v) is 9.39. The fourth-order valence-corrected chi connectivity index (χ4v) is 5.18. The van der Waals surface area contributed by atoms with E-state index in [4.69, 9.17) is 5.26 Å². The van der Waals surface area contributed by atoms with Crippen LogP contribution in [0.1, 0.15) is 110 Å². The third kappa shape index (κ3) is 9.40. The van der Waals surface area contributed by atoms with Crippen molar-refractivity contribution in [3.63, 3.8) is 0 Å². The maximum atomic E-state index is 12.8. The molecular formula is C26H42FN. The quantitative estimate of drug-likeness (QED) is 0.197. The van der Waals surface area contributed by atoms with Crippen molar-refractivity contribution in [1.82, 2.24) is 0 Å². The Balaban J connectivity index is 1.55. The molecule has 2 aliphatic carbocycles. The van der Waals surface area contributed by atoms with Gasteiger partial charge in [-0.3, -0.25) is 0 Å². The molecule has 0 bridgehead atoms. The largest absolute Gasteiger partial charge is 0.196 e. The highest BCUT2D eigenvalue weighted by molar-refractivity contribution is 5.11. The number of halogens is 1. The summed E-state index contributed by atoms with van der Waals surface area (Å²) in [5.74, 6) is 2.69. The summed E-state index contributed by atoms with van der Waals surface area (Å²) in [6, 6.07) is 1.56. The molecule has 0 unspecified atom stereocenters.